The average molecular weight is 304 g/mol. The maximum atomic E-state index is 13.1. The highest BCUT2D eigenvalue weighted by Crippen LogP contribution is 2.35. The molecule has 2 amide bonds. The van der Waals surface area contributed by atoms with Crippen LogP contribution in [0.15, 0.2) is 48.5 Å². The van der Waals surface area contributed by atoms with Gasteiger partial charge in [0, 0.05) is 6.42 Å². The van der Waals surface area contributed by atoms with Crippen molar-refractivity contribution in [2.24, 2.45) is 11.5 Å². The Morgan fingerprint density at radius 3 is 1.45 bits per heavy atom. The zero-order valence-electron chi connectivity index (χ0n) is 11.6. The van der Waals surface area contributed by atoms with Gasteiger partial charge in [0.2, 0.25) is 11.8 Å². The van der Waals surface area contributed by atoms with Crippen molar-refractivity contribution in [2.45, 2.75) is 11.8 Å². The zero-order valence-corrected chi connectivity index (χ0v) is 11.6. The molecule has 22 heavy (non-hydrogen) atoms. The van der Waals surface area contributed by atoms with Crippen LogP contribution in [0.1, 0.15) is 17.5 Å². The van der Waals surface area contributed by atoms with Gasteiger partial charge in [0.15, 0.2) is 0 Å². The Hall–Kier alpha value is -2.76. The van der Waals surface area contributed by atoms with Crippen LogP contribution in [0.5, 0.6) is 0 Å². The minimum absolute atomic E-state index is 0.312. The smallest absolute Gasteiger partial charge is 0.233 e. The molecule has 0 heterocycles. The summed E-state index contributed by atoms with van der Waals surface area (Å²) < 4.78 is 26.3. The van der Waals surface area contributed by atoms with Gasteiger partial charge >= 0.3 is 0 Å². The van der Waals surface area contributed by atoms with E-state index in [2.05, 4.69) is 0 Å². The lowest BCUT2D eigenvalue weighted by Gasteiger charge is -2.30. The monoisotopic (exact) mass is 304 g/mol. The zero-order chi connectivity index (χ0) is 16.3. The molecule has 0 unspecified atom stereocenters. The fourth-order valence-electron chi connectivity index (χ4n) is 2.47. The summed E-state index contributed by atoms with van der Waals surface area (Å²) >= 11 is 0. The summed E-state index contributed by atoms with van der Waals surface area (Å²) in [5.41, 5.74) is 9.83. The van der Waals surface area contributed by atoms with Gasteiger partial charge in [-0.1, -0.05) is 24.3 Å². The van der Waals surface area contributed by atoms with Crippen LogP contribution in [0.25, 0.3) is 0 Å². The molecule has 114 valence electrons. The second-order valence-corrected chi connectivity index (χ2v) is 4.93. The molecule has 0 aromatic heterocycles. The van der Waals surface area contributed by atoms with Gasteiger partial charge < -0.3 is 11.5 Å². The highest BCUT2D eigenvalue weighted by Gasteiger charge is 2.42. The molecule has 0 bridgehead atoms. The third-order valence-corrected chi connectivity index (χ3v) is 3.53. The van der Waals surface area contributed by atoms with E-state index in [-0.39, 0.29) is 0 Å². The van der Waals surface area contributed by atoms with Crippen LogP contribution in [0.4, 0.5) is 8.78 Å². The molecule has 2 aromatic rings. The van der Waals surface area contributed by atoms with E-state index in [9.17, 15) is 18.4 Å². The number of primary amides is 2. The molecule has 2 aromatic carbocycles. The van der Waals surface area contributed by atoms with Crippen LogP contribution in [-0.4, -0.2) is 11.8 Å². The van der Waals surface area contributed by atoms with Gasteiger partial charge in [0.1, 0.15) is 17.0 Å². The molecule has 0 fully saturated rings. The summed E-state index contributed by atoms with van der Waals surface area (Å²) in [5, 5.41) is 0. The van der Waals surface area contributed by atoms with E-state index in [4.69, 9.17) is 11.5 Å². The van der Waals surface area contributed by atoms with Crippen molar-refractivity contribution in [3.8, 4) is 0 Å². The Morgan fingerprint density at radius 2 is 1.18 bits per heavy atom. The molecule has 0 aliphatic rings. The first kappa shape index (κ1) is 15.6. The van der Waals surface area contributed by atoms with Gasteiger partial charge in [-0.25, -0.2) is 8.78 Å². The van der Waals surface area contributed by atoms with Crippen LogP contribution in [0.3, 0.4) is 0 Å². The average Bonchev–Trinajstić information content (AvgIpc) is 2.46. The van der Waals surface area contributed by atoms with Crippen LogP contribution in [-0.2, 0) is 15.0 Å². The molecule has 0 saturated heterocycles. The standard InChI is InChI=1S/C16H14F2N2O2/c17-12-5-1-10(2-6-12)16(15(20)22,9-14(19)21)11-3-7-13(18)8-4-11/h1-8H,9H2,(H2,19,21)(H2,20,22). The Morgan fingerprint density at radius 1 is 0.818 bits per heavy atom. The van der Waals surface area contributed by atoms with Gasteiger partial charge in [-0.05, 0) is 35.4 Å². The summed E-state index contributed by atoms with van der Waals surface area (Å²) in [6.45, 7) is 0. The van der Waals surface area contributed by atoms with E-state index in [0.717, 1.165) is 24.3 Å². The molecule has 2 rings (SSSR count). The number of halogens is 2. The second-order valence-electron chi connectivity index (χ2n) is 4.93. The molecule has 4 N–H and O–H groups in total. The Balaban J connectivity index is 2.70. The van der Waals surface area contributed by atoms with Crippen molar-refractivity contribution in [2.75, 3.05) is 0 Å². The van der Waals surface area contributed by atoms with Crippen LogP contribution >= 0.6 is 0 Å². The number of rotatable bonds is 5. The summed E-state index contributed by atoms with van der Waals surface area (Å²) in [7, 11) is 0. The minimum Gasteiger partial charge on any atom is -0.370 e. The maximum Gasteiger partial charge on any atom is 0.233 e. The predicted octanol–water partition coefficient (Wildman–Crippen LogP) is 1.61. The third-order valence-electron chi connectivity index (χ3n) is 3.53. The van der Waals surface area contributed by atoms with E-state index in [1.54, 1.807) is 0 Å². The van der Waals surface area contributed by atoms with E-state index >= 15 is 0 Å². The number of hydrogen-bond donors (Lipinski definition) is 2. The predicted molar refractivity (Wildman–Crippen MR) is 76.6 cm³/mol. The molecule has 0 saturated carbocycles. The molecule has 0 radical (unpaired) electrons. The van der Waals surface area contributed by atoms with Gasteiger partial charge in [-0.15, -0.1) is 0 Å². The van der Waals surface area contributed by atoms with E-state index in [0.29, 0.717) is 11.1 Å². The quantitative estimate of drug-likeness (QED) is 0.879. The van der Waals surface area contributed by atoms with Crippen LogP contribution < -0.4 is 11.5 Å². The molecule has 6 heteroatoms. The largest absolute Gasteiger partial charge is 0.370 e. The van der Waals surface area contributed by atoms with Crippen LogP contribution in [0.2, 0.25) is 0 Å². The molecule has 0 spiro atoms. The second kappa shape index (κ2) is 5.93. The number of carbonyl (C=O) groups is 2. The van der Waals surface area contributed by atoms with E-state index < -0.39 is 35.3 Å². The van der Waals surface area contributed by atoms with Crippen molar-refractivity contribution in [1.29, 1.82) is 0 Å². The summed E-state index contributed by atoms with van der Waals surface area (Å²) in [5.74, 6) is -2.59. The summed E-state index contributed by atoms with van der Waals surface area (Å²) in [4.78, 5) is 23.6. The van der Waals surface area contributed by atoms with Crippen molar-refractivity contribution < 1.29 is 18.4 Å². The topological polar surface area (TPSA) is 86.2 Å². The lowest BCUT2D eigenvalue weighted by Crippen LogP contribution is -2.45. The third kappa shape index (κ3) is 2.81. The number of hydrogen-bond acceptors (Lipinski definition) is 2. The highest BCUT2D eigenvalue weighted by molar-refractivity contribution is 5.95. The normalized spacial score (nSPS) is 11.2. The Labute approximate surface area is 125 Å². The summed E-state index contributed by atoms with van der Waals surface area (Å²) in [6.07, 6.45) is -0.403. The lowest BCUT2D eigenvalue weighted by molar-refractivity contribution is -0.127. The molecular formula is C16H14F2N2O2. The number of amides is 2. The molecular weight excluding hydrogens is 290 g/mol. The Kier molecular flexibility index (Phi) is 4.21. The SMILES string of the molecule is NC(=O)CC(C(N)=O)(c1ccc(F)cc1)c1ccc(F)cc1. The highest BCUT2D eigenvalue weighted by atomic mass is 19.1. The van der Waals surface area contributed by atoms with Crippen molar-refractivity contribution in [3.05, 3.63) is 71.3 Å². The fraction of sp³-hybridized carbons (Fsp3) is 0.125. The number of benzene rings is 2. The lowest BCUT2D eigenvalue weighted by atomic mass is 9.71. The molecule has 0 atom stereocenters. The van der Waals surface area contributed by atoms with Crippen molar-refractivity contribution >= 4 is 11.8 Å². The van der Waals surface area contributed by atoms with Gasteiger partial charge in [-0.3, -0.25) is 9.59 Å². The van der Waals surface area contributed by atoms with Crippen LogP contribution in [0, 0.1) is 11.6 Å². The molecule has 0 aliphatic carbocycles. The fourth-order valence-corrected chi connectivity index (χ4v) is 2.47. The maximum absolute atomic E-state index is 13.1. The van der Waals surface area contributed by atoms with Crippen molar-refractivity contribution in [3.63, 3.8) is 0 Å². The van der Waals surface area contributed by atoms with Gasteiger partial charge in [-0.2, -0.15) is 0 Å². The first-order valence-electron chi connectivity index (χ1n) is 6.46. The Bertz CT molecular complexity index is 652. The van der Waals surface area contributed by atoms with E-state index in [1.807, 2.05) is 0 Å². The van der Waals surface area contributed by atoms with E-state index in [1.165, 1.54) is 24.3 Å². The number of nitrogens with two attached hydrogens (primary N) is 2. The first-order valence-corrected chi connectivity index (χ1v) is 6.46. The van der Waals surface area contributed by atoms with Gasteiger partial charge in [0.25, 0.3) is 0 Å². The van der Waals surface area contributed by atoms with Gasteiger partial charge in [0.05, 0.1) is 0 Å². The minimum atomic E-state index is -1.58. The summed E-state index contributed by atoms with van der Waals surface area (Å²) in [6, 6.07) is 10.0. The van der Waals surface area contributed by atoms with Crippen molar-refractivity contribution in [1.82, 2.24) is 0 Å². The number of carbonyl (C=O) groups excluding carboxylic acids is 2. The first-order chi connectivity index (χ1) is 10.4. The molecule has 4 nitrogen and oxygen atoms in total. The molecule has 0 aliphatic heterocycles.